The summed E-state index contributed by atoms with van der Waals surface area (Å²) in [5, 5.41) is 9.27. The van der Waals surface area contributed by atoms with Crippen LogP contribution in [0.15, 0.2) is 24.5 Å². The van der Waals surface area contributed by atoms with E-state index in [9.17, 15) is 9.90 Å². The topological polar surface area (TPSA) is 57.8 Å². The standard InChI is InChI=1S/C17H23N3O2/c1-12(2)20-9-4-3-6-14(20)10-13-11-19-8-5-7-15(17(21)22)16(19)18-13/h5,7-8,11-12,14H,3-4,6,9-10H2,1-2H3,(H,21,22). The van der Waals surface area contributed by atoms with E-state index in [1.807, 2.05) is 16.8 Å². The molecule has 3 heterocycles. The summed E-state index contributed by atoms with van der Waals surface area (Å²) in [4.78, 5) is 18.4. The fraction of sp³-hybridized carbons (Fsp3) is 0.529. The number of fused-ring (bicyclic) bond motifs is 1. The molecule has 5 nitrogen and oxygen atoms in total. The molecule has 2 aromatic rings. The van der Waals surface area contributed by atoms with Gasteiger partial charge in [-0.2, -0.15) is 0 Å². The second-order valence-electron chi connectivity index (χ2n) is 6.38. The summed E-state index contributed by atoms with van der Waals surface area (Å²) in [6, 6.07) is 4.40. The Morgan fingerprint density at radius 2 is 2.27 bits per heavy atom. The number of likely N-dealkylation sites (tertiary alicyclic amines) is 1. The molecule has 1 N–H and O–H groups in total. The van der Waals surface area contributed by atoms with Crippen molar-refractivity contribution in [2.45, 2.75) is 51.6 Å². The van der Waals surface area contributed by atoms with Crippen LogP contribution in [0.4, 0.5) is 0 Å². The lowest BCUT2D eigenvalue weighted by molar-refractivity contribution is 0.0698. The lowest BCUT2D eigenvalue weighted by Crippen LogP contribution is -2.45. The molecule has 22 heavy (non-hydrogen) atoms. The number of aromatic nitrogens is 2. The number of nitrogens with zero attached hydrogens (tertiary/aromatic N) is 3. The Hall–Kier alpha value is -1.88. The van der Waals surface area contributed by atoms with E-state index in [0.29, 0.717) is 17.7 Å². The summed E-state index contributed by atoms with van der Waals surface area (Å²) in [6.45, 7) is 5.63. The number of rotatable bonds is 4. The number of pyridine rings is 1. The van der Waals surface area contributed by atoms with Crippen LogP contribution in [0.5, 0.6) is 0 Å². The molecule has 1 atom stereocenters. The second kappa shape index (κ2) is 6.08. The number of aromatic carboxylic acids is 1. The zero-order valence-corrected chi connectivity index (χ0v) is 13.2. The zero-order chi connectivity index (χ0) is 15.7. The predicted octanol–water partition coefficient (Wildman–Crippen LogP) is 2.84. The molecule has 1 aliphatic rings. The van der Waals surface area contributed by atoms with Crippen molar-refractivity contribution in [1.82, 2.24) is 14.3 Å². The van der Waals surface area contributed by atoms with Crippen LogP contribution in [-0.4, -0.2) is 44.0 Å². The molecule has 5 heteroatoms. The number of hydrogen-bond donors (Lipinski definition) is 1. The van der Waals surface area contributed by atoms with Crippen molar-refractivity contribution in [3.63, 3.8) is 0 Å². The highest BCUT2D eigenvalue weighted by atomic mass is 16.4. The molecule has 1 aliphatic heterocycles. The van der Waals surface area contributed by atoms with Gasteiger partial charge in [0.2, 0.25) is 0 Å². The van der Waals surface area contributed by atoms with Crippen LogP contribution in [0.3, 0.4) is 0 Å². The summed E-state index contributed by atoms with van der Waals surface area (Å²) >= 11 is 0. The largest absolute Gasteiger partial charge is 0.478 e. The minimum absolute atomic E-state index is 0.262. The van der Waals surface area contributed by atoms with Crippen molar-refractivity contribution in [3.05, 3.63) is 35.8 Å². The van der Waals surface area contributed by atoms with Crippen LogP contribution < -0.4 is 0 Å². The molecule has 0 saturated carbocycles. The van der Waals surface area contributed by atoms with E-state index in [1.165, 1.54) is 19.3 Å². The third-order valence-corrected chi connectivity index (χ3v) is 4.54. The Bertz CT molecular complexity index is 678. The lowest BCUT2D eigenvalue weighted by Gasteiger charge is -2.38. The molecule has 3 rings (SSSR count). The van der Waals surface area contributed by atoms with E-state index in [-0.39, 0.29) is 5.56 Å². The van der Waals surface area contributed by atoms with E-state index < -0.39 is 5.97 Å². The van der Waals surface area contributed by atoms with Gasteiger partial charge in [-0.25, -0.2) is 9.78 Å². The lowest BCUT2D eigenvalue weighted by atomic mass is 9.97. The molecule has 0 radical (unpaired) electrons. The number of carbonyl (C=O) groups is 1. The van der Waals surface area contributed by atoms with Gasteiger partial charge in [-0.15, -0.1) is 0 Å². The smallest absolute Gasteiger partial charge is 0.339 e. The maximum atomic E-state index is 11.3. The minimum atomic E-state index is -0.927. The van der Waals surface area contributed by atoms with Crippen molar-refractivity contribution in [3.8, 4) is 0 Å². The predicted molar refractivity (Wildman–Crippen MR) is 85.3 cm³/mol. The van der Waals surface area contributed by atoms with Crippen LogP contribution in [0.25, 0.3) is 5.65 Å². The van der Waals surface area contributed by atoms with Crippen molar-refractivity contribution < 1.29 is 9.90 Å². The molecule has 1 fully saturated rings. The van der Waals surface area contributed by atoms with Gasteiger partial charge in [0.1, 0.15) is 5.56 Å². The summed E-state index contributed by atoms with van der Waals surface area (Å²) in [7, 11) is 0. The third kappa shape index (κ3) is 2.86. The SMILES string of the molecule is CC(C)N1CCCCC1Cc1cn2cccc(C(=O)O)c2n1. The van der Waals surface area contributed by atoms with Crippen molar-refractivity contribution in [2.75, 3.05) is 6.54 Å². The zero-order valence-electron chi connectivity index (χ0n) is 13.2. The van der Waals surface area contributed by atoms with Gasteiger partial charge in [-0.1, -0.05) is 6.42 Å². The highest BCUT2D eigenvalue weighted by Gasteiger charge is 2.25. The molecule has 0 amide bonds. The first-order valence-electron chi connectivity index (χ1n) is 8.02. The number of carboxylic acid groups (broad SMARTS) is 1. The van der Waals surface area contributed by atoms with Gasteiger partial charge in [0.25, 0.3) is 0 Å². The Morgan fingerprint density at radius 3 is 3.00 bits per heavy atom. The molecule has 118 valence electrons. The maximum Gasteiger partial charge on any atom is 0.339 e. The summed E-state index contributed by atoms with van der Waals surface area (Å²) in [5.41, 5.74) is 1.78. The first kappa shape index (κ1) is 15.0. The molecule has 0 aliphatic carbocycles. The van der Waals surface area contributed by atoms with Gasteiger partial charge < -0.3 is 9.51 Å². The Kier molecular flexibility index (Phi) is 4.16. The highest BCUT2D eigenvalue weighted by Crippen LogP contribution is 2.23. The first-order chi connectivity index (χ1) is 10.6. The molecule has 0 spiro atoms. The highest BCUT2D eigenvalue weighted by molar-refractivity contribution is 5.94. The van der Waals surface area contributed by atoms with Gasteiger partial charge >= 0.3 is 5.97 Å². The minimum Gasteiger partial charge on any atom is -0.478 e. The van der Waals surface area contributed by atoms with Crippen LogP contribution in [0.2, 0.25) is 0 Å². The monoisotopic (exact) mass is 301 g/mol. The maximum absolute atomic E-state index is 11.3. The van der Waals surface area contributed by atoms with Gasteiger partial charge in [0.15, 0.2) is 5.65 Å². The van der Waals surface area contributed by atoms with E-state index in [0.717, 1.165) is 18.7 Å². The second-order valence-corrected chi connectivity index (χ2v) is 6.38. The first-order valence-corrected chi connectivity index (χ1v) is 8.02. The third-order valence-electron chi connectivity index (χ3n) is 4.54. The number of imidazole rings is 1. The van der Waals surface area contributed by atoms with E-state index in [2.05, 4.69) is 23.7 Å². The number of carboxylic acids is 1. The summed E-state index contributed by atoms with van der Waals surface area (Å²) in [5.74, 6) is -0.927. The van der Waals surface area contributed by atoms with Crippen molar-refractivity contribution >= 4 is 11.6 Å². The van der Waals surface area contributed by atoms with E-state index in [1.54, 1.807) is 12.1 Å². The van der Waals surface area contributed by atoms with Gasteiger partial charge in [-0.3, -0.25) is 4.90 Å². The molecule has 2 aromatic heterocycles. The average Bonchev–Trinajstić information content (AvgIpc) is 2.89. The molecule has 0 aromatic carbocycles. The molecule has 1 saturated heterocycles. The Morgan fingerprint density at radius 1 is 1.45 bits per heavy atom. The Balaban J connectivity index is 1.87. The fourth-order valence-electron chi connectivity index (χ4n) is 3.49. The van der Waals surface area contributed by atoms with Crippen LogP contribution in [0, 0.1) is 0 Å². The van der Waals surface area contributed by atoms with Crippen LogP contribution in [-0.2, 0) is 6.42 Å². The fourth-order valence-corrected chi connectivity index (χ4v) is 3.49. The summed E-state index contributed by atoms with van der Waals surface area (Å²) in [6.07, 6.45) is 8.44. The van der Waals surface area contributed by atoms with Gasteiger partial charge in [0, 0.05) is 30.9 Å². The molecule has 0 bridgehead atoms. The molecular formula is C17H23N3O2. The van der Waals surface area contributed by atoms with Gasteiger partial charge in [0.05, 0.1) is 5.69 Å². The van der Waals surface area contributed by atoms with Crippen molar-refractivity contribution in [2.24, 2.45) is 0 Å². The van der Waals surface area contributed by atoms with E-state index >= 15 is 0 Å². The molecule has 1 unspecified atom stereocenters. The number of piperidine rings is 1. The summed E-state index contributed by atoms with van der Waals surface area (Å²) < 4.78 is 1.82. The number of hydrogen-bond acceptors (Lipinski definition) is 3. The Labute approximate surface area is 130 Å². The normalized spacial score (nSPS) is 19.9. The van der Waals surface area contributed by atoms with Gasteiger partial charge in [-0.05, 0) is 45.4 Å². The van der Waals surface area contributed by atoms with Crippen LogP contribution >= 0.6 is 0 Å². The van der Waals surface area contributed by atoms with Crippen LogP contribution in [0.1, 0.15) is 49.2 Å². The van der Waals surface area contributed by atoms with E-state index in [4.69, 9.17) is 0 Å². The average molecular weight is 301 g/mol. The van der Waals surface area contributed by atoms with Crippen molar-refractivity contribution in [1.29, 1.82) is 0 Å². The quantitative estimate of drug-likeness (QED) is 0.943. The molecular weight excluding hydrogens is 278 g/mol.